The number of amides is 1. The van der Waals surface area contributed by atoms with Gasteiger partial charge in [-0.2, -0.15) is 0 Å². The monoisotopic (exact) mass is 459 g/mol. The Hall–Kier alpha value is -3.18. The van der Waals surface area contributed by atoms with Crippen LogP contribution in [0.3, 0.4) is 0 Å². The standard InChI is InChI=1S/C29H34FN3O/c1-21(19-22-15-17-33(2)18-16-22)24-9-13-26(14-10-24)32-29(34)27-5-3-4-6-28(27)31-20-23-7-11-25(30)12-8-23/h3-14,21-22,31H,15-20H2,1-2H3,(H,32,34). The van der Waals surface area contributed by atoms with Crippen molar-refractivity contribution in [3.63, 3.8) is 0 Å². The maximum Gasteiger partial charge on any atom is 0.257 e. The third-order valence-corrected chi connectivity index (χ3v) is 6.83. The Morgan fingerprint density at radius 2 is 1.68 bits per heavy atom. The smallest absolute Gasteiger partial charge is 0.257 e. The number of anilines is 2. The van der Waals surface area contributed by atoms with E-state index in [4.69, 9.17) is 0 Å². The lowest BCUT2D eigenvalue weighted by atomic mass is 9.85. The summed E-state index contributed by atoms with van der Waals surface area (Å²) in [6.07, 6.45) is 3.78. The summed E-state index contributed by atoms with van der Waals surface area (Å²) in [7, 11) is 2.20. The maximum absolute atomic E-state index is 13.1. The molecule has 5 heteroatoms. The molecule has 4 rings (SSSR count). The largest absolute Gasteiger partial charge is 0.380 e. The second kappa shape index (κ2) is 11.3. The summed E-state index contributed by atoms with van der Waals surface area (Å²) in [5, 5.41) is 6.32. The van der Waals surface area contributed by atoms with E-state index < -0.39 is 0 Å². The van der Waals surface area contributed by atoms with Crippen LogP contribution in [0.1, 0.15) is 53.6 Å². The zero-order chi connectivity index (χ0) is 23.9. The third kappa shape index (κ3) is 6.45. The van der Waals surface area contributed by atoms with Crippen molar-refractivity contribution >= 4 is 17.3 Å². The van der Waals surface area contributed by atoms with Gasteiger partial charge in [0.05, 0.1) is 5.56 Å². The molecule has 1 atom stereocenters. The van der Waals surface area contributed by atoms with Crippen LogP contribution in [0.5, 0.6) is 0 Å². The first-order valence-electron chi connectivity index (χ1n) is 12.1. The van der Waals surface area contributed by atoms with Crippen LogP contribution in [0.2, 0.25) is 0 Å². The van der Waals surface area contributed by atoms with Crippen LogP contribution in [0.25, 0.3) is 0 Å². The number of hydrogen-bond donors (Lipinski definition) is 2. The quantitative estimate of drug-likeness (QED) is 0.403. The zero-order valence-electron chi connectivity index (χ0n) is 20.1. The van der Waals surface area contributed by atoms with Crippen molar-refractivity contribution in [1.82, 2.24) is 4.90 Å². The van der Waals surface area contributed by atoms with Crippen molar-refractivity contribution in [2.24, 2.45) is 5.92 Å². The van der Waals surface area contributed by atoms with E-state index in [1.54, 1.807) is 18.2 Å². The van der Waals surface area contributed by atoms with Crippen molar-refractivity contribution in [2.75, 3.05) is 30.8 Å². The number of nitrogens with one attached hydrogen (secondary N) is 2. The van der Waals surface area contributed by atoms with E-state index in [0.717, 1.165) is 22.9 Å². The van der Waals surface area contributed by atoms with Crippen LogP contribution >= 0.6 is 0 Å². The summed E-state index contributed by atoms with van der Waals surface area (Å²) in [5.74, 6) is 0.888. The number of rotatable bonds is 8. The second-order valence-corrected chi connectivity index (χ2v) is 9.49. The topological polar surface area (TPSA) is 44.4 Å². The van der Waals surface area contributed by atoms with Crippen LogP contribution in [0.15, 0.2) is 72.8 Å². The van der Waals surface area contributed by atoms with Gasteiger partial charge in [0.2, 0.25) is 0 Å². The van der Waals surface area contributed by atoms with E-state index in [2.05, 4.69) is 41.6 Å². The molecule has 1 unspecified atom stereocenters. The molecule has 3 aromatic carbocycles. The van der Waals surface area contributed by atoms with E-state index in [-0.39, 0.29) is 11.7 Å². The molecule has 1 aliphatic rings. The van der Waals surface area contributed by atoms with Crippen molar-refractivity contribution in [2.45, 2.75) is 38.6 Å². The number of nitrogens with zero attached hydrogens (tertiary/aromatic N) is 1. The lowest BCUT2D eigenvalue weighted by Gasteiger charge is -2.30. The Kier molecular flexibility index (Phi) is 7.96. The minimum atomic E-state index is -0.259. The van der Waals surface area contributed by atoms with Gasteiger partial charge in [-0.05, 0) is 98.8 Å². The van der Waals surface area contributed by atoms with Gasteiger partial charge in [0.1, 0.15) is 5.82 Å². The summed E-state index contributed by atoms with van der Waals surface area (Å²) < 4.78 is 13.1. The number of likely N-dealkylation sites (tertiary alicyclic amines) is 1. The Morgan fingerprint density at radius 3 is 2.38 bits per heavy atom. The Balaban J connectivity index is 1.35. The summed E-state index contributed by atoms with van der Waals surface area (Å²) in [6, 6.07) is 22.0. The highest BCUT2D eigenvalue weighted by Gasteiger charge is 2.20. The number of piperidine rings is 1. The predicted molar refractivity (Wildman–Crippen MR) is 138 cm³/mol. The van der Waals surface area contributed by atoms with Gasteiger partial charge in [-0.15, -0.1) is 0 Å². The number of halogens is 1. The number of carbonyl (C=O) groups is 1. The minimum absolute atomic E-state index is 0.158. The molecule has 1 aliphatic heterocycles. The predicted octanol–water partition coefficient (Wildman–Crippen LogP) is 6.53. The van der Waals surface area contributed by atoms with Crippen LogP contribution in [0.4, 0.5) is 15.8 Å². The van der Waals surface area contributed by atoms with Crippen LogP contribution in [-0.4, -0.2) is 30.9 Å². The van der Waals surface area contributed by atoms with E-state index >= 15 is 0 Å². The van der Waals surface area contributed by atoms with Gasteiger partial charge in [0.15, 0.2) is 0 Å². The molecule has 0 aromatic heterocycles. The molecule has 0 aliphatic carbocycles. The molecular formula is C29H34FN3O. The first-order valence-corrected chi connectivity index (χ1v) is 12.1. The molecule has 178 valence electrons. The van der Waals surface area contributed by atoms with Crippen LogP contribution in [0, 0.1) is 11.7 Å². The molecule has 1 fully saturated rings. The van der Waals surface area contributed by atoms with Crippen molar-refractivity contribution in [3.8, 4) is 0 Å². The van der Waals surface area contributed by atoms with Gasteiger partial charge in [0, 0.05) is 17.9 Å². The average molecular weight is 460 g/mol. The van der Waals surface area contributed by atoms with Crippen LogP contribution in [-0.2, 0) is 6.54 Å². The Labute approximate surface area is 202 Å². The molecule has 0 radical (unpaired) electrons. The second-order valence-electron chi connectivity index (χ2n) is 9.49. The van der Waals surface area contributed by atoms with Crippen molar-refractivity contribution in [3.05, 3.63) is 95.3 Å². The van der Waals surface area contributed by atoms with E-state index in [0.29, 0.717) is 18.0 Å². The molecule has 2 N–H and O–H groups in total. The van der Waals surface area contributed by atoms with E-state index in [1.165, 1.54) is 50.0 Å². The van der Waals surface area contributed by atoms with Crippen molar-refractivity contribution in [1.29, 1.82) is 0 Å². The Bertz CT molecular complexity index is 1070. The third-order valence-electron chi connectivity index (χ3n) is 6.83. The first kappa shape index (κ1) is 24.0. The number of hydrogen-bond acceptors (Lipinski definition) is 3. The van der Waals surface area contributed by atoms with Gasteiger partial charge in [0.25, 0.3) is 5.91 Å². The fourth-order valence-electron chi connectivity index (χ4n) is 4.66. The summed E-state index contributed by atoms with van der Waals surface area (Å²) in [5.41, 5.74) is 4.37. The van der Waals surface area contributed by atoms with E-state index in [9.17, 15) is 9.18 Å². The molecule has 34 heavy (non-hydrogen) atoms. The summed E-state index contributed by atoms with van der Waals surface area (Å²) in [6.45, 7) is 5.20. The lowest BCUT2D eigenvalue weighted by Crippen LogP contribution is -2.30. The highest BCUT2D eigenvalue weighted by Crippen LogP contribution is 2.30. The summed E-state index contributed by atoms with van der Waals surface area (Å²) in [4.78, 5) is 15.4. The molecule has 1 heterocycles. The van der Waals surface area contributed by atoms with Gasteiger partial charge < -0.3 is 15.5 Å². The average Bonchev–Trinajstić information content (AvgIpc) is 2.85. The van der Waals surface area contributed by atoms with Crippen molar-refractivity contribution < 1.29 is 9.18 Å². The molecular weight excluding hydrogens is 425 g/mol. The van der Waals surface area contributed by atoms with Crippen LogP contribution < -0.4 is 10.6 Å². The minimum Gasteiger partial charge on any atom is -0.380 e. The highest BCUT2D eigenvalue weighted by atomic mass is 19.1. The SMILES string of the molecule is CC(CC1CCN(C)CC1)c1ccc(NC(=O)c2ccccc2NCc2ccc(F)cc2)cc1. The van der Waals surface area contributed by atoms with E-state index in [1.807, 2.05) is 30.3 Å². The number of para-hydroxylation sites is 1. The lowest BCUT2D eigenvalue weighted by molar-refractivity contribution is 0.102. The normalized spacial score (nSPS) is 15.6. The molecule has 0 saturated carbocycles. The maximum atomic E-state index is 13.1. The molecule has 1 saturated heterocycles. The van der Waals surface area contributed by atoms with Gasteiger partial charge in [-0.3, -0.25) is 4.79 Å². The summed E-state index contributed by atoms with van der Waals surface area (Å²) >= 11 is 0. The van der Waals surface area contributed by atoms with Gasteiger partial charge >= 0.3 is 0 Å². The zero-order valence-corrected chi connectivity index (χ0v) is 20.1. The fourth-order valence-corrected chi connectivity index (χ4v) is 4.66. The van der Waals surface area contributed by atoms with Gasteiger partial charge in [-0.25, -0.2) is 4.39 Å². The molecule has 3 aromatic rings. The number of carbonyl (C=O) groups excluding carboxylic acids is 1. The molecule has 1 amide bonds. The molecule has 4 nitrogen and oxygen atoms in total. The first-order chi connectivity index (χ1) is 16.5. The molecule has 0 bridgehead atoms. The molecule has 0 spiro atoms. The van der Waals surface area contributed by atoms with Gasteiger partial charge in [-0.1, -0.05) is 43.3 Å². The Morgan fingerprint density at radius 1 is 1.00 bits per heavy atom. The number of benzene rings is 3. The fraction of sp³-hybridized carbons (Fsp3) is 0.345. The highest BCUT2D eigenvalue weighted by molar-refractivity contribution is 6.08.